The predicted molar refractivity (Wildman–Crippen MR) is 119 cm³/mol. The third kappa shape index (κ3) is 4.33. The van der Waals surface area contributed by atoms with Crippen LogP contribution in [-0.2, 0) is 28.6 Å². The van der Waals surface area contributed by atoms with Crippen LogP contribution in [-0.4, -0.2) is 50.7 Å². The summed E-state index contributed by atoms with van der Waals surface area (Å²) in [6, 6.07) is 7.45. The molecule has 1 aromatic carbocycles. The van der Waals surface area contributed by atoms with Crippen molar-refractivity contribution in [3.8, 4) is 0 Å². The molecule has 2 aromatic rings. The number of fused-ring (bicyclic) bond motifs is 1. The monoisotopic (exact) mass is 443 g/mol. The van der Waals surface area contributed by atoms with Crippen LogP contribution in [0.2, 0.25) is 0 Å². The topological polar surface area (TPSA) is 86.7 Å². The molecular weight excluding hydrogens is 418 g/mol. The highest BCUT2D eigenvalue weighted by Crippen LogP contribution is 2.30. The summed E-state index contributed by atoms with van der Waals surface area (Å²) in [6.07, 6.45) is 5.13. The van der Waals surface area contributed by atoms with E-state index in [1.807, 2.05) is 29.3 Å². The van der Waals surface area contributed by atoms with Crippen LogP contribution >= 0.6 is 11.3 Å². The molecule has 0 bridgehead atoms. The summed E-state index contributed by atoms with van der Waals surface area (Å²) in [7, 11) is -0.953. The molecule has 3 aliphatic rings. The zero-order chi connectivity index (χ0) is 20.5. The summed E-state index contributed by atoms with van der Waals surface area (Å²) < 4.78 is 12.4. The molecule has 2 aliphatic heterocycles. The third-order valence-corrected chi connectivity index (χ3v) is 8.38. The van der Waals surface area contributed by atoms with E-state index in [-0.39, 0.29) is 5.91 Å². The zero-order valence-electron chi connectivity index (χ0n) is 16.7. The number of carbonyl (C=O) groups is 1. The van der Waals surface area contributed by atoms with Crippen molar-refractivity contribution in [3.63, 3.8) is 0 Å². The maximum atomic E-state index is 13.2. The predicted octanol–water partition coefficient (Wildman–Crippen LogP) is 2.50. The highest BCUT2D eigenvalue weighted by Gasteiger charge is 2.29. The Morgan fingerprint density at radius 1 is 1.23 bits per heavy atom. The number of hydrogen-bond acceptors (Lipinski definition) is 7. The zero-order valence-corrected chi connectivity index (χ0v) is 18.4. The standard InChI is InChI=1S/C21H25N5O2S2/c27-20(24-21-23-17-9-10-22-13-18(17)29-21)19(25-26-11-1-2-12-26)14-3-5-15(6-4-14)30(28)16-7-8-16/h3-6,16,22H,1-2,7-13H2,(H,23,24,27)/b25-19+. The third-order valence-electron chi connectivity index (χ3n) is 5.55. The number of nitrogens with one attached hydrogen (secondary N) is 2. The van der Waals surface area contributed by atoms with Crippen LogP contribution in [0, 0.1) is 0 Å². The Morgan fingerprint density at radius 3 is 2.70 bits per heavy atom. The van der Waals surface area contributed by atoms with E-state index in [4.69, 9.17) is 0 Å². The van der Waals surface area contributed by atoms with Gasteiger partial charge in [0.15, 0.2) is 10.8 Å². The summed E-state index contributed by atoms with van der Waals surface area (Å²) in [6.45, 7) is 3.44. The van der Waals surface area contributed by atoms with Gasteiger partial charge in [-0.2, -0.15) is 5.10 Å². The summed E-state index contributed by atoms with van der Waals surface area (Å²) in [5, 5.41) is 13.8. The lowest BCUT2D eigenvalue weighted by Crippen LogP contribution is -2.27. The fourth-order valence-corrected chi connectivity index (χ4v) is 6.06. The van der Waals surface area contributed by atoms with E-state index in [2.05, 4.69) is 20.7 Å². The second kappa shape index (κ2) is 8.56. The van der Waals surface area contributed by atoms with Gasteiger partial charge >= 0.3 is 0 Å². The summed E-state index contributed by atoms with van der Waals surface area (Å²) in [4.78, 5) is 19.8. The van der Waals surface area contributed by atoms with Crippen LogP contribution in [0.3, 0.4) is 0 Å². The van der Waals surface area contributed by atoms with E-state index >= 15 is 0 Å². The second-order valence-electron chi connectivity index (χ2n) is 7.90. The Morgan fingerprint density at radius 2 is 2.00 bits per heavy atom. The molecule has 2 fully saturated rings. The minimum absolute atomic E-state index is 0.253. The van der Waals surface area contributed by atoms with Crippen molar-refractivity contribution >= 4 is 38.9 Å². The quantitative estimate of drug-likeness (QED) is 0.670. The lowest BCUT2D eigenvalue weighted by molar-refractivity contribution is -0.110. The maximum absolute atomic E-state index is 13.2. The molecule has 1 unspecified atom stereocenters. The largest absolute Gasteiger partial charge is 0.311 e. The van der Waals surface area contributed by atoms with Gasteiger partial charge in [-0.3, -0.25) is 19.3 Å². The number of aromatic nitrogens is 1. The first-order chi connectivity index (χ1) is 14.7. The molecule has 9 heteroatoms. The van der Waals surface area contributed by atoms with Gasteiger partial charge in [0, 0.05) is 53.2 Å². The van der Waals surface area contributed by atoms with Crippen LogP contribution in [0.4, 0.5) is 5.13 Å². The Hall–Kier alpha value is -2.10. The number of hydrogen-bond donors (Lipinski definition) is 2. The van der Waals surface area contributed by atoms with Crippen molar-refractivity contribution in [2.24, 2.45) is 5.10 Å². The molecule has 1 aliphatic carbocycles. The molecule has 0 radical (unpaired) electrons. The molecule has 1 aromatic heterocycles. The summed E-state index contributed by atoms with van der Waals surface area (Å²) >= 11 is 1.52. The minimum Gasteiger partial charge on any atom is -0.311 e. The molecule has 3 heterocycles. The lowest BCUT2D eigenvalue weighted by Gasteiger charge is -2.14. The highest BCUT2D eigenvalue weighted by atomic mass is 32.2. The fourth-order valence-electron chi connectivity index (χ4n) is 3.73. The van der Waals surface area contributed by atoms with E-state index in [0.29, 0.717) is 16.1 Å². The van der Waals surface area contributed by atoms with Crippen LogP contribution in [0.5, 0.6) is 0 Å². The first-order valence-electron chi connectivity index (χ1n) is 10.5. The normalized spacial score (nSPS) is 20.1. The molecule has 158 valence electrons. The van der Waals surface area contributed by atoms with E-state index < -0.39 is 10.8 Å². The number of carbonyl (C=O) groups excluding carboxylic acids is 1. The van der Waals surface area contributed by atoms with Crippen molar-refractivity contribution in [1.29, 1.82) is 0 Å². The van der Waals surface area contributed by atoms with Gasteiger partial charge in [-0.15, -0.1) is 11.3 Å². The number of hydrazone groups is 1. The summed E-state index contributed by atoms with van der Waals surface area (Å²) in [5.41, 5.74) is 2.19. The van der Waals surface area contributed by atoms with E-state index in [1.165, 1.54) is 16.2 Å². The molecule has 2 N–H and O–H groups in total. The van der Waals surface area contributed by atoms with Crippen molar-refractivity contribution in [2.45, 2.75) is 48.8 Å². The first-order valence-corrected chi connectivity index (χ1v) is 12.6. The van der Waals surface area contributed by atoms with Crippen LogP contribution in [0.1, 0.15) is 41.8 Å². The Kier molecular flexibility index (Phi) is 5.66. The number of nitrogens with zero attached hydrogens (tertiary/aromatic N) is 3. The molecule has 7 nitrogen and oxygen atoms in total. The van der Waals surface area contributed by atoms with Gasteiger partial charge in [0.25, 0.3) is 5.91 Å². The number of amides is 1. The van der Waals surface area contributed by atoms with E-state index in [1.54, 1.807) is 0 Å². The minimum atomic E-state index is -0.953. The molecule has 1 amide bonds. The van der Waals surface area contributed by atoms with Crippen molar-refractivity contribution in [2.75, 3.05) is 25.0 Å². The molecule has 1 atom stereocenters. The van der Waals surface area contributed by atoms with Gasteiger partial charge in [0.2, 0.25) is 0 Å². The Balaban J connectivity index is 1.39. The molecular formula is C21H25N5O2S2. The van der Waals surface area contributed by atoms with Gasteiger partial charge < -0.3 is 5.32 Å². The van der Waals surface area contributed by atoms with E-state index in [9.17, 15) is 9.00 Å². The SMILES string of the molecule is O=C(Nc1nc2c(s1)CNCC2)/C(=N/N1CCCC1)c1ccc(S(=O)C2CC2)cc1. The lowest BCUT2D eigenvalue weighted by atomic mass is 10.1. The molecule has 30 heavy (non-hydrogen) atoms. The average molecular weight is 444 g/mol. The maximum Gasteiger partial charge on any atom is 0.278 e. The molecule has 1 saturated heterocycles. The Labute approximate surface area is 182 Å². The molecule has 0 spiro atoms. The number of benzene rings is 1. The van der Waals surface area contributed by atoms with Gasteiger partial charge in [-0.05, 0) is 37.8 Å². The molecule has 1 saturated carbocycles. The highest BCUT2D eigenvalue weighted by molar-refractivity contribution is 7.86. The fraction of sp³-hybridized carbons (Fsp3) is 0.476. The number of anilines is 1. The van der Waals surface area contributed by atoms with Crippen LogP contribution in [0.25, 0.3) is 0 Å². The number of rotatable bonds is 6. The van der Waals surface area contributed by atoms with Crippen molar-refractivity contribution in [3.05, 3.63) is 40.4 Å². The van der Waals surface area contributed by atoms with Gasteiger partial charge in [-0.1, -0.05) is 12.1 Å². The van der Waals surface area contributed by atoms with Crippen molar-refractivity contribution < 1.29 is 9.00 Å². The smallest absolute Gasteiger partial charge is 0.278 e. The van der Waals surface area contributed by atoms with Crippen LogP contribution < -0.4 is 10.6 Å². The van der Waals surface area contributed by atoms with E-state index in [0.717, 1.165) is 74.4 Å². The summed E-state index contributed by atoms with van der Waals surface area (Å²) in [5.74, 6) is -0.253. The Bertz CT molecular complexity index is 968. The van der Waals surface area contributed by atoms with Gasteiger partial charge in [0.05, 0.1) is 16.5 Å². The van der Waals surface area contributed by atoms with Crippen molar-refractivity contribution in [1.82, 2.24) is 15.3 Å². The first kappa shape index (κ1) is 19.8. The molecule has 5 rings (SSSR count). The average Bonchev–Trinajstić information content (AvgIpc) is 3.33. The van der Waals surface area contributed by atoms with Crippen LogP contribution in [0.15, 0.2) is 34.3 Å². The van der Waals surface area contributed by atoms with Gasteiger partial charge in [0.1, 0.15) is 0 Å². The van der Waals surface area contributed by atoms with Gasteiger partial charge in [-0.25, -0.2) is 4.98 Å². The number of thiazole rings is 1. The second-order valence-corrected chi connectivity index (χ2v) is 10.7.